The largest absolute Gasteiger partial charge is 0.508 e. The summed E-state index contributed by atoms with van der Waals surface area (Å²) in [6, 6.07) is 7.12. The molecular weight excluding hydrogens is 374 g/mol. The van der Waals surface area contributed by atoms with Crippen LogP contribution in [0.15, 0.2) is 42.2 Å². The SMILES string of the molecule is CCOC(=O)CC(Cc1ccc(C2=C(O)C=CCC2)cc1)NC(=O)CCC(=O)O. The molecule has 7 heteroatoms. The highest BCUT2D eigenvalue weighted by Crippen LogP contribution is 2.27. The highest BCUT2D eigenvalue weighted by atomic mass is 16.5. The number of ether oxygens (including phenoxy) is 1. The molecule has 3 N–H and O–H groups in total. The Morgan fingerprint density at radius 1 is 1.17 bits per heavy atom. The highest BCUT2D eigenvalue weighted by Gasteiger charge is 2.19. The van der Waals surface area contributed by atoms with Gasteiger partial charge in [-0.05, 0) is 43.4 Å². The van der Waals surface area contributed by atoms with Gasteiger partial charge < -0.3 is 20.3 Å². The predicted octanol–water partition coefficient (Wildman–Crippen LogP) is 3.15. The van der Waals surface area contributed by atoms with Crippen molar-refractivity contribution in [1.29, 1.82) is 0 Å². The molecule has 0 aromatic heterocycles. The number of benzene rings is 1. The summed E-state index contributed by atoms with van der Waals surface area (Å²) < 4.78 is 4.98. The first-order chi connectivity index (χ1) is 13.9. The molecule has 0 saturated carbocycles. The first kappa shape index (κ1) is 22.2. The molecule has 1 atom stereocenters. The Morgan fingerprint density at radius 2 is 1.90 bits per heavy atom. The van der Waals surface area contributed by atoms with Gasteiger partial charge >= 0.3 is 11.9 Å². The van der Waals surface area contributed by atoms with Crippen molar-refractivity contribution in [1.82, 2.24) is 5.32 Å². The van der Waals surface area contributed by atoms with Gasteiger partial charge in [0.05, 0.1) is 19.4 Å². The van der Waals surface area contributed by atoms with E-state index in [9.17, 15) is 19.5 Å². The lowest BCUT2D eigenvalue weighted by atomic mass is 9.94. The van der Waals surface area contributed by atoms with E-state index in [-0.39, 0.29) is 31.6 Å². The first-order valence-electron chi connectivity index (χ1n) is 9.73. The number of aliphatic hydroxyl groups excluding tert-OH is 1. The van der Waals surface area contributed by atoms with Crippen molar-refractivity contribution in [2.45, 2.75) is 51.5 Å². The molecule has 0 bridgehead atoms. The zero-order valence-electron chi connectivity index (χ0n) is 16.5. The second-order valence-corrected chi connectivity index (χ2v) is 6.87. The van der Waals surface area contributed by atoms with Crippen LogP contribution in [-0.4, -0.2) is 40.7 Å². The number of rotatable bonds is 10. The second kappa shape index (κ2) is 11.0. The predicted molar refractivity (Wildman–Crippen MR) is 108 cm³/mol. The molecule has 2 rings (SSSR count). The summed E-state index contributed by atoms with van der Waals surface area (Å²) in [6.07, 6.45) is 5.29. The van der Waals surface area contributed by atoms with E-state index in [0.29, 0.717) is 6.42 Å². The number of aliphatic carboxylic acids is 1. The first-order valence-corrected chi connectivity index (χ1v) is 9.73. The molecule has 1 unspecified atom stereocenters. The van der Waals surface area contributed by atoms with Crippen LogP contribution < -0.4 is 5.32 Å². The van der Waals surface area contributed by atoms with Crippen molar-refractivity contribution in [3.05, 3.63) is 53.3 Å². The van der Waals surface area contributed by atoms with Crippen molar-refractivity contribution < 1.29 is 29.3 Å². The quantitative estimate of drug-likeness (QED) is 0.519. The molecule has 0 spiro atoms. The smallest absolute Gasteiger partial charge is 0.307 e. The van der Waals surface area contributed by atoms with Gasteiger partial charge in [-0.2, -0.15) is 0 Å². The Kier molecular flexibility index (Phi) is 8.45. The third kappa shape index (κ3) is 7.44. The van der Waals surface area contributed by atoms with Gasteiger partial charge in [0.15, 0.2) is 0 Å². The minimum atomic E-state index is -1.05. The van der Waals surface area contributed by atoms with Gasteiger partial charge in [0.25, 0.3) is 0 Å². The Labute approximate surface area is 170 Å². The maximum absolute atomic E-state index is 12.0. The lowest BCUT2D eigenvalue weighted by Gasteiger charge is -2.19. The van der Waals surface area contributed by atoms with Crippen molar-refractivity contribution in [3.8, 4) is 0 Å². The van der Waals surface area contributed by atoms with Gasteiger partial charge in [0, 0.05) is 18.0 Å². The van der Waals surface area contributed by atoms with Gasteiger partial charge in [-0.3, -0.25) is 14.4 Å². The molecule has 156 valence electrons. The molecule has 7 nitrogen and oxygen atoms in total. The number of nitrogens with one attached hydrogen (secondary N) is 1. The molecule has 1 aliphatic carbocycles. The van der Waals surface area contributed by atoms with Gasteiger partial charge in [-0.1, -0.05) is 30.3 Å². The van der Waals surface area contributed by atoms with Crippen molar-refractivity contribution >= 4 is 23.4 Å². The molecule has 1 aromatic rings. The molecule has 0 fully saturated rings. The van der Waals surface area contributed by atoms with Gasteiger partial charge in [0.1, 0.15) is 5.76 Å². The number of hydrogen-bond acceptors (Lipinski definition) is 5. The molecule has 29 heavy (non-hydrogen) atoms. The monoisotopic (exact) mass is 401 g/mol. The van der Waals surface area contributed by atoms with Crippen LogP contribution in [0.25, 0.3) is 5.57 Å². The maximum atomic E-state index is 12.0. The molecule has 1 aromatic carbocycles. The van der Waals surface area contributed by atoms with E-state index in [4.69, 9.17) is 9.84 Å². The van der Waals surface area contributed by atoms with Crippen molar-refractivity contribution in [2.75, 3.05) is 6.61 Å². The number of carbonyl (C=O) groups excluding carboxylic acids is 2. The van der Waals surface area contributed by atoms with E-state index in [1.54, 1.807) is 13.0 Å². The Morgan fingerprint density at radius 3 is 2.52 bits per heavy atom. The molecule has 0 heterocycles. The standard InChI is InChI=1S/C22H27NO6/c1-2-29-22(28)14-17(23-20(25)11-12-21(26)27)13-15-7-9-16(10-8-15)18-5-3-4-6-19(18)24/h4,6-10,17,24H,2-3,5,11-14H2,1H3,(H,23,25)(H,26,27). The van der Waals surface area contributed by atoms with Gasteiger partial charge in [-0.25, -0.2) is 0 Å². The van der Waals surface area contributed by atoms with Crippen LogP contribution in [0.5, 0.6) is 0 Å². The van der Waals surface area contributed by atoms with E-state index in [2.05, 4.69) is 5.32 Å². The van der Waals surface area contributed by atoms with E-state index >= 15 is 0 Å². The summed E-state index contributed by atoms with van der Waals surface area (Å²) in [5, 5.41) is 21.5. The number of aliphatic hydroxyl groups is 1. The van der Waals surface area contributed by atoms with Crippen LogP contribution in [0.4, 0.5) is 0 Å². The zero-order chi connectivity index (χ0) is 21.2. The Hall–Kier alpha value is -3.09. The topological polar surface area (TPSA) is 113 Å². The lowest BCUT2D eigenvalue weighted by molar-refractivity contribution is -0.144. The molecule has 1 aliphatic rings. The Balaban J connectivity index is 2.06. The van der Waals surface area contributed by atoms with Crippen molar-refractivity contribution in [3.63, 3.8) is 0 Å². The van der Waals surface area contributed by atoms with Gasteiger partial charge in [0.2, 0.25) is 5.91 Å². The number of hydrogen-bond donors (Lipinski definition) is 3. The molecule has 0 aliphatic heterocycles. The van der Waals surface area contributed by atoms with Crippen LogP contribution in [0, 0.1) is 0 Å². The normalized spacial score (nSPS) is 14.4. The van der Waals surface area contributed by atoms with Crippen LogP contribution >= 0.6 is 0 Å². The zero-order valence-corrected chi connectivity index (χ0v) is 16.5. The summed E-state index contributed by atoms with van der Waals surface area (Å²) in [7, 11) is 0. The minimum absolute atomic E-state index is 0.00510. The summed E-state index contributed by atoms with van der Waals surface area (Å²) in [5.74, 6) is -1.61. The summed E-state index contributed by atoms with van der Waals surface area (Å²) in [5.41, 5.74) is 2.74. The number of carboxylic acid groups (broad SMARTS) is 1. The third-order valence-corrected chi connectivity index (χ3v) is 4.58. The van der Waals surface area contributed by atoms with Crippen LogP contribution in [-0.2, 0) is 25.5 Å². The molecule has 0 radical (unpaired) electrons. The van der Waals surface area contributed by atoms with Crippen LogP contribution in [0.2, 0.25) is 0 Å². The summed E-state index contributed by atoms with van der Waals surface area (Å²) in [6.45, 7) is 1.96. The molecule has 0 saturated heterocycles. The average Bonchev–Trinajstić information content (AvgIpc) is 2.67. The number of carboxylic acids is 1. The summed E-state index contributed by atoms with van der Waals surface area (Å²) >= 11 is 0. The third-order valence-electron chi connectivity index (χ3n) is 4.58. The fourth-order valence-corrected chi connectivity index (χ4v) is 3.19. The fourth-order valence-electron chi connectivity index (χ4n) is 3.19. The van der Waals surface area contributed by atoms with E-state index in [1.165, 1.54) is 0 Å². The minimum Gasteiger partial charge on any atom is -0.508 e. The summed E-state index contributed by atoms with van der Waals surface area (Å²) in [4.78, 5) is 34.5. The van der Waals surface area contributed by atoms with E-state index in [0.717, 1.165) is 29.5 Å². The molecule has 1 amide bonds. The van der Waals surface area contributed by atoms with Crippen LogP contribution in [0.1, 0.15) is 50.2 Å². The number of amides is 1. The van der Waals surface area contributed by atoms with Crippen molar-refractivity contribution in [2.24, 2.45) is 0 Å². The second-order valence-electron chi connectivity index (χ2n) is 6.87. The number of carbonyl (C=O) groups is 3. The van der Waals surface area contributed by atoms with Crippen LogP contribution in [0.3, 0.4) is 0 Å². The lowest BCUT2D eigenvalue weighted by Crippen LogP contribution is -2.38. The average molecular weight is 401 g/mol. The maximum Gasteiger partial charge on any atom is 0.307 e. The van der Waals surface area contributed by atoms with Gasteiger partial charge in [-0.15, -0.1) is 0 Å². The number of allylic oxidation sites excluding steroid dienone is 3. The fraction of sp³-hybridized carbons (Fsp3) is 0.409. The van der Waals surface area contributed by atoms with E-state index < -0.39 is 23.9 Å². The molecular formula is C22H27NO6. The highest BCUT2D eigenvalue weighted by molar-refractivity contribution is 5.81. The number of esters is 1. The van der Waals surface area contributed by atoms with E-state index in [1.807, 2.05) is 30.3 Å². The Bertz CT molecular complexity index is 794.